The summed E-state index contributed by atoms with van der Waals surface area (Å²) in [7, 11) is 4.33. The Labute approximate surface area is 255 Å². The lowest BCUT2D eigenvalue weighted by Gasteiger charge is -2.54. The lowest BCUT2D eigenvalue weighted by Crippen LogP contribution is -2.55. The van der Waals surface area contributed by atoms with Gasteiger partial charge in [-0.25, -0.2) is 4.98 Å². The number of halogens is 4. The van der Waals surface area contributed by atoms with E-state index in [0.717, 1.165) is 55.8 Å². The summed E-state index contributed by atoms with van der Waals surface area (Å²) in [6.07, 6.45) is -0.974. The Kier molecular flexibility index (Phi) is 9.56. The molecule has 0 bridgehead atoms. The summed E-state index contributed by atoms with van der Waals surface area (Å²) < 4.78 is 47.5. The summed E-state index contributed by atoms with van der Waals surface area (Å²) in [6.45, 7) is 5.40. The molecule has 1 N–H and O–H groups in total. The smallest absolute Gasteiger partial charge is 0.430 e. The van der Waals surface area contributed by atoms with Gasteiger partial charge in [-0.15, -0.1) is 0 Å². The molecule has 1 aromatic carbocycles. The van der Waals surface area contributed by atoms with Crippen molar-refractivity contribution in [3.8, 4) is 5.75 Å². The highest BCUT2D eigenvalue weighted by atomic mass is 35.5. The highest BCUT2D eigenvalue weighted by molar-refractivity contribution is 6.32. The first kappa shape index (κ1) is 32.9. The fourth-order valence-electron chi connectivity index (χ4n) is 6.22. The first-order valence-corrected chi connectivity index (χ1v) is 14.9. The van der Waals surface area contributed by atoms with Crippen LogP contribution in [0.25, 0.3) is 0 Å². The van der Waals surface area contributed by atoms with Crippen LogP contribution in [0, 0.1) is 11.3 Å². The fourth-order valence-corrected chi connectivity index (χ4v) is 6.45. The summed E-state index contributed by atoms with van der Waals surface area (Å²) in [4.78, 5) is 35.1. The molecule has 8 nitrogen and oxygen atoms in total. The van der Waals surface area contributed by atoms with Crippen LogP contribution in [-0.2, 0) is 10.4 Å². The molecule has 2 fully saturated rings. The highest BCUT2D eigenvalue weighted by Gasteiger charge is 2.62. The number of amides is 2. The molecule has 4 rings (SSSR count). The average molecular weight is 625 g/mol. The van der Waals surface area contributed by atoms with E-state index in [0.29, 0.717) is 17.8 Å². The molecule has 2 amide bonds. The van der Waals surface area contributed by atoms with Crippen molar-refractivity contribution in [2.24, 2.45) is 11.3 Å². The number of nitrogens with zero attached hydrogens (tertiary/aromatic N) is 4. The number of carbonyl (C=O) groups is 2. The second kappa shape index (κ2) is 12.5. The first-order chi connectivity index (χ1) is 20.1. The van der Waals surface area contributed by atoms with Crippen LogP contribution in [0.15, 0.2) is 36.4 Å². The van der Waals surface area contributed by atoms with E-state index in [9.17, 15) is 27.9 Å². The van der Waals surface area contributed by atoms with Gasteiger partial charge in [0.05, 0.1) is 12.7 Å². The molecule has 43 heavy (non-hydrogen) atoms. The van der Waals surface area contributed by atoms with E-state index in [1.165, 1.54) is 26.3 Å². The fraction of sp³-hybridized carbons (Fsp3) is 0.581. The molecular weight excluding hydrogens is 585 g/mol. The van der Waals surface area contributed by atoms with E-state index < -0.39 is 23.2 Å². The largest absolute Gasteiger partial charge is 0.497 e. The Morgan fingerprint density at radius 1 is 1.16 bits per heavy atom. The maximum Gasteiger partial charge on any atom is 0.430 e. The Hall–Kier alpha value is -3.05. The van der Waals surface area contributed by atoms with Crippen molar-refractivity contribution in [1.82, 2.24) is 14.8 Å². The number of pyridine rings is 1. The lowest BCUT2D eigenvalue weighted by molar-refractivity contribution is -0.261. The Balaban J connectivity index is 1.37. The number of aliphatic hydroxyl groups is 1. The zero-order valence-electron chi connectivity index (χ0n) is 25.2. The van der Waals surface area contributed by atoms with Crippen LogP contribution in [0.5, 0.6) is 5.75 Å². The topological polar surface area (TPSA) is 86.2 Å². The van der Waals surface area contributed by atoms with Gasteiger partial charge in [-0.2, -0.15) is 13.2 Å². The van der Waals surface area contributed by atoms with Crippen molar-refractivity contribution in [2.45, 2.75) is 63.8 Å². The number of piperidine rings is 1. The highest BCUT2D eigenvalue weighted by Crippen LogP contribution is 2.55. The molecule has 0 radical (unpaired) electrons. The van der Waals surface area contributed by atoms with Gasteiger partial charge in [0.2, 0.25) is 0 Å². The number of benzene rings is 1. The van der Waals surface area contributed by atoms with E-state index in [1.54, 1.807) is 18.0 Å². The molecule has 1 aliphatic carbocycles. The van der Waals surface area contributed by atoms with Gasteiger partial charge in [0, 0.05) is 45.3 Å². The van der Waals surface area contributed by atoms with Crippen LogP contribution in [0.3, 0.4) is 0 Å². The second-order valence-corrected chi connectivity index (χ2v) is 12.4. The van der Waals surface area contributed by atoms with Crippen molar-refractivity contribution < 1.29 is 32.6 Å². The van der Waals surface area contributed by atoms with Crippen LogP contribution >= 0.6 is 11.6 Å². The Morgan fingerprint density at radius 2 is 1.84 bits per heavy atom. The standard InChI is InChI=1S/C31H40ClF3N4O4/c1-20(2)38(4)27(40)24-9-10-25(36-26(24)32)39-17-14-29(15-18-39)13-11-21(29)12-16-37(3)28(41)30(42,31(33,34)35)22-7-6-8-23(19-22)43-5/h6-10,19-21,42H,11-18H2,1-5H3/t21?,30-/m1/s1. The predicted molar refractivity (Wildman–Crippen MR) is 158 cm³/mol. The normalized spacial score (nSPS) is 19.5. The minimum atomic E-state index is -5.22. The number of methoxy groups -OCH3 is 1. The van der Waals surface area contributed by atoms with Gasteiger partial charge in [0.1, 0.15) is 16.7 Å². The van der Waals surface area contributed by atoms with Crippen LogP contribution in [-0.4, -0.2) is 84.8 Å². The maximum atomic E-state index is 14.2. The van der Waals surface area contributed by atoms with E-state index in [-0.39, 0.29) is 40.7 Å². The number of carbonyl (C=O) groups excluding carboxylic acids is 2. The molecule has 2 aromatic rings. The summed E-state index contributed by atoms with van der Waals surface area (Å²) >= 11 is 6.41. The number of likely N-dealkylation sites (N-methyl/N-ethyl adjacent to an activating group) is 1. The summed E-state index contributed by atoms with van der Waals surface area (Å²) in [5, 5.41) is 11.0. The van der Waals surface area contributed by atoms with Gasteiger partial charge >= 0.3 is 6.18 Å². The van der Waals surface area contributed by atoms with Gasteiger partial charge in [-0.3, -0.25) is 9.59 Å². The average Bonchev–Trinajstić information content (AvgIpc) is 2.98. The van der Waals surface area contributed by atoms with Gasteiger partial charge < -0.3 is 24.5 Å². The molecule has 2 heterocycles. The maximum absolute atomic E-state index is 14.2. The lowest BCUT2D eigenvalue weighted by atomic mass is 9.54. The molecule has 1 spiro atoms. The van der Waals surface area contributed by atoms with Gasteiger partial charge in [-0.05, 0) is 81.5 Å². The summed E-state index contributed by atoms with van der Waals surface area (Å²) in [5.41, 5.74) is -3.86. The van der Waals surface area contributed by atoms with Crippen LogP contribution in [0.1, 0.15) is 61.9 Å². The molecule has 2 aliphatic rings. The Bertz CT molecular complexity index is 1330. The SMILES string of the molecule is COc1cccc([C@@](O)(C(=O)N(C)CCC2CCC23CCN(c2ccc(C(=O)N(C)C(C)C)c(Cl)n2)CC3)C(F)(F)F)c1. The first-order valence-electron chi connectivity index (χ1n) is 14.5. The van der Waals surface area contributed by atoms with Crippen molar-refractivity contribution >= 4 is 29.2 Å². The minimum Gasteiger partial charge on any atom is -0.497 e. The zero-order valence-corrected chi connectivity index (χ0v) is 26.0. The van der Waals surface area contributed by atoms with Gasteiger partial charge in [-0.1, -0.05) is 23.7 Å². The van der Waals surface area contributed by atoms with E-state index in [2.05, 4.69) is 9.88 Å². The molecule has 1 aliphatic heterocycles. The number of ether oxygens (including phenoxy) is 1. The number of rotatable bonds is 9. The van der Waals surface area contributed by atoms with E-state index >= 15 is 0 Å². The number of hydrogen-bond donors (Lipinski definition) is 1. The monoisotopic (exact) mass is 624 g/mol. The summed E-state index contributed by atoms with van der Waals surface area (Å²) in [6, 6.07) is 8.42. The molecule has 236 valence electrons. The molecule has 1 aromatic heterocycles. The zero-order chi connectivity index (χ0) is 31.7. The number of anilines is 1. The number of hydrogen-bond acceptors (Lipinski definition) is 6. The van der Waals surface area contributed by atoms with Gasteiger partial charge in [0.15, 0.2) is 0 Å². The molecule has 1 saturated carbocycles. The molecule has 1 saturated heterocycles. The van der Waals surface area contributed by atoms with Crippen molar-refractivity contribution in [2.75, 3.05) is 45.7 Å². The Morgan fingerprint density at radius 3 is 2.37 bits per heavy atom. The van der Waals surface area contributed by atoms with Crippen molar-refractivity contribution in [1.29, 1.82) is 0 Å². The third-order valence-electron chi connectivity index (χ3n) is 9.47. The van der Waals surface area contributed by atoms with Crippen molar-refractivity contribution in [3.63, 3.8) is 0 Å². The molecule has 2 atom stereocenters. The van der Waals surface area contributed by atoms with E-state index in [1.807, 2.05) is 19.9 Å². The second-order valence-electron chi connectivity index (χ2n) is 12.1. The summed E-state index contributed by atoms with van der Waals surface area (Å²) in [5.74, 6) is -0.535. The molecular formula is C31H40ClF3N4O4. The minimum absolute atomic E-state index is 0.0265. The number of alkyl halides is 3. The van der Waals surface area contributed by atoms with Crippen LogP contribution < -0.4 is 9.64 Å². The third-order valence-corrected chi connectivity index (χ3v) is 9.75. The predicted octanol–water partition coefficient (Wildman–Crippen LogP) is 5.52. The molecule has 1 unspecified atom stereocenters. The van der Waals surface area contributed by atoms with E-state index in [4.69, 9.17) is 16.3 Å². The number of aromatic nitrogens is 1. The van der Waals surface area contributed by atoms with Crippen LogP contribution in [0.2, 0.25) is 5.15 Å². The molecule has 12 heteroatoms. The quantitative estimate of drug-likeness (QED) is 0.370. The third kappa shape index (κ3) is 6.29. The van der Waals surface area contributed by atoms with Crippen LogP contribution in [0.4, 0.5) is 19.0 Å². The van der Waals surface area contributed by atoms with Gasteiger partial charge in [0.25, 0.3) is 17.4 Å². The van der Waals surface area contributed by atoms with Crippen molar-refractivity contribution in [3.05, 3.63) is 52.7 Å².